The molecule has 3 aliphatic heterocycles. The van der Waals surface area contributed by atoms with Gasteiger partial charge in [-0.2, -0.15) is 0 Å². The number of nitrogens with zero attached hydrogens (tertiary/aromatic N) is 2. The summed E-state index contributed by atoms with van der Waals surface area (Å²) < 4.78 is 28.7. The van der Waals surface area contributed by atoms with Crippen LogP contribution in [-0.2, 0) is 37.7 Å². The van der Waals surface area contributed by atoms with Crippen LogP contribution in [0.25, 0.3) is 10.9 Å². The van der Waals surface area contributed by atoms with Crippen LogP contribution in [0.1, 0.15) is 42.9 Å². The van der Waals surface area contributed by atoms with E-state index in [1.807, 2.05) is 67.7 Å². The Morgan fingerprint density at radius 1 is 1.14 bits per heavy atom. The van der Waals surface area contributed by atoms with Gasteiger partial charge in [-0.1, -0.05) is 37.3 Å². The highest BCUT2D eigenvalue weighted by Gasteiger charge is 2.67. The number of H-pyrrole nitrogens is 1. The van der Waals surface area contributed by atoms with Gasteiger partial charge in [-0.05, 0) is 73.5 Å². The molecule has 268 valence electrons. The molecule has 10 nitrogen and oxygen atoms in total. The number of carbonyl (C=O) groups excluding carboxylic acids is 3. The van der Waals surface area contributed by atoms with Gasteiger partial charge < -0.3 is 38.8 Å². The molecule has 0 unspecified atom stereocenters. The third-order valence-corrected chi connectivity index (χ3v) is 13.5. The van der Waals surface area contributed by atoms with Crippen LogP contribution in [0.3, 0.4) is 0 Å². The summed E-state index contributed by atoms with van der Waals surface area (Å²) in [7, 11) is -1.93. The lowest BCUT2D eigenvalue weighted by Crippen LogP contribution is -2.45. The molecule has 5 atom stereocenters. The molecule has 3 amide bonds. The summed E-state index contributed by atoms with van der Waals surface area (Å²) in [6.45, 7) is 5.74. The van der Waals surface area contributed by atoms with Crippen molar-refractivity contribution in [2.75, 3.05) is 30.5 Å². The van der Waals surface area contributed by atoms with Crippen LogP contribution >= 0.6 is 0 Å². The molecule has 51 heavy (non-hydrogen) atoms. The van der Waals surface area contributed by atoms with E-state index in [0.29, 0.717) is 29.2 Å². The number of anilines is 2. The smallest absolute Gasteiger partial charge is 0.264 e. The molecule has 1 aromatic heterocycles. The Morgan fingerprint density at radius 3 is 2.63 bits per heavy atom. The number of nitrogens with one attached hydrogen (secondary N) is 2. The third kappa shape index (κ3) is 6.23. The summed E-state index contributed by atoms with van der Waals surface area (Å²) >= 11 is 0. The minimum atomic E-state index is -3.48. The van der Waals surface area contributed by atoms with Crippen molar-refractivity contribution >= 4 is 48.4 Å². The maximum atomic E-state index is 16.3. The predicted octanol–water partition coefficient (Wildman–Crippen LogP) is 6.05. The van der Waals surface area contributed by atoms with Gasteiger partial charge in [0.05, 0.1) is 50.9 Å². The van der Waals surface area contributed by atoms with Crippen LogP contribution in [0.4, 0.5) is 15.5 Å². The first kappa shape index (κ1) is 34.9. The van der Waals surface area contributed by atoms with Gasteiger partial charge in [0.15, 0.2) is 5.60 Å². The maximum absolute atomic E-state index is 16.3. The highest BCUT2D eigenvalue weighted by molar-refractivity contribution is 6.72. The first-order valence-corrected chi connectivity index (χ1v) is 20.6. The zero-order chi connectivity index (χ0) is 36.1. The fraction of sp³-hybridized carbons (Fsp3) is 0.410. The van der Waals surface area contributed by atoms with Crippen LogP contribution in [-0.4, -0.2) is 73.5 Å². The first-order valence-electron chi connectivity index (χ1n) is 17.7. The van der Waals surface area contributed by atoms with Gasteiger partial charge >= 0.3 is 0 Å². The summed E-state index contributed by atoms with van der Waals surface area (Å²) in [5, 5.41) is 13.8. The van der Waals surface area contributed by atoms with Gasteiger partial charge in [0.1, 0.15) is 5.75 Å². The number of rotatable bonds is 10. The molecular formula is C39H45FN4O6Si. The molecule has 3 aliphatic rings. The number of hydrogen-bond acceptors (Lipinski definition) is 6. The number of hydrogen-bond donors (Lipinski definition) is 3. The molecule has 4 heterocycles. The predicted molar refractivity (Wildman–Crippen MR) is 196 cm³/mol. The lowest BCUT2D eigenvalue weighted by Gasteiger charge is -2.31. The fourth-order valence-electron chi connectivity index (χ4n) is 8.69. The van der Waals surface area contributed by atoms with Gasteiger partial charge in [-0.3, -0.25) is 14.4 Å². The Labute approximate surface area is 298 Å². The zero-order valence-corrected chi connectivity index (χ0v) is 30.4. The molecule has 1 spiro atoms. The Morgan fingerprint density at radius 2 is 1.90 bits per heavy atom. The summed E-state index contributed by atoms with van der Waals surface area (Å²) in [5.74, 6) is -0.653. The van der Waals surface area contributed by atoms with Crippen molar-refractivity contribution < 1.29 is 33.1 Å². The maximum Gasteiger partial charge on any atom is 0.264 e. The second-order valence-corrected chi connectivity index (χ2v) is 18.4. The highest BCUT2D eigenvalue weighted by Crippen LogP contribution is 2.60. The Hall–Kier alpha value is -4.52. The Balaban J connectivity index is 1.13. The van der Waals surface area contributed by atoms with E-state index in [-0.39, 0.29) is 49.8 Å². The Kier molecular flexibility index (Phi) is 9.27. The molecular weight excluding hydrogens is 668 g/mol. The minimum Gasteiger partial charge on any atom is -0.497 e. The van der Waals surface area contributed by atoms with Gasteiger partial charge in [0, 0.05) is 46.4 Å². The highest BCUT2D eigenvalue weighted by atomic mass is 28.4. The number of halogens is 1. The summed E-state index contributed by atoms with van der Waals surface area (Å²) in [6, 6.07) is 20.4. The molecule has 0 aliphatic carbocycles. The quantitative estimate of drug-likeness (QED) is 0.136. The topological polar surface area (TPSA) is 124 Å². The number of amides is 3. The number of carbonyl (C=O) groups is 3. The number of aromatic amines is 1. The molecule has 0 radical (unpaired) electrons. The second-order valence-electron chi connectivity index (χ2n) is 14.6. The lowest BCUT2D eigenvalue weighted by molar-refractivity contribution is -0.150. The van der Waals surface area contributed by atoms with Crippen molar-refractivity contribution in [2.24, 2.45) is 5.92 Å². The van der Waals surface area contributed by atoms with E-state index in [9.17, 15) is 19.5 Å². The third-order valence-electron chi connectivity index (χ3n) is 11.1. The van der Waals surface area contributed by atoms with Crippen LogP contribution < -0.4 is 15.0 Å². The van der Waals surface area contributed by atoms with Gasteiger partial charge in [-0.15, -0.1) is 0 Å². The number of methoxy groups -OCH3 is 1. The van der Waals surface area contributed by atoms with E-state index in [1.165, 1.54) is 0 Å². The normalized spacial score (nSPS) is 24.5. The average molecular weight is 713 g/mol. The Bertz CT molecular complexity index is 1960. The summed E-state index contributed by atoms with van der Waals surface area (Å²) in [5.41, 5.74) is 2.47. The molecule has 3 aromatic carbocycles. The monoisotopic (exact) mass is 712 g/mol. The van der Waals surface area contributed by atoms with E-state index in [2.05, 4.69) is 10.3 Å². The van der Waals surface area contributed by atoms with Gasteiger partial charge in [0.2, 0.25) is 20.2 Å². The molecule has 0 bridgehead atoms. The number of ether oxygens (including phenoxy) is 2. The summed E-state index contributed by atoms with van der Waals surface area (Å²) in [4.78, 5) is 47.9. The zero-order valence-electron chi connectivity index (χ0n) is 29.4. The molecule has 4 aromatic rings. The van der Waals surface area contributed by atoms with Gasteiger partial charge in [0.25, 0.3) is 5.91 Å². The number of likely N-dealkylation sites (tertiary alicyclic amines) is 1. The van der Waals surface area contributed by atoms with Crippen LogP contribution in [0.2, 0.25) is 18.6 Å². The number of aliphatic hydroxyl groups is 1. The number of para-hydroxylation sites is 1. The van der Waals surface area contributed by atoms with Crippen molar-refractivity contribution in [1.29, 1.82) is 0 Å². The van der Waals surface area contributed by atoms with E-state index in [4.69, 9.17) is 9.47 Å². The summed E-state index contributed by atoms with van der Waals surface area (Å²) in [6.07, 6.45) is 2.73. The fourth-order valence-corrected chi connectivity index (χ4v) is 11.2. The van der Waals surface area contributed by atoms with E-state index >= 15 is 4.11 Å². The lowest BCUT2D eigenvalue weighted by atomic mass is 9.82. The standard InChI is InChI=1S/C39H45FN4O6Si/c1-24-37(51(3,4)40)34(20-36(47)43-17-7-8-28(43)23-45)50-39(24)31-19-29(49-2)15-16-33(31)44(38(39)48)22-25-11-13-27(14-12-25)42-35(46)18-26-21-41-32-10-6-5-9-30(26)32/h5-6,9-16,19,21,24,28,34,37,41,45H,7-8,17-18,20,22-23H2,1-4H3,(H,42,46)/t24-,28+,34+,37-,39+/m1/s1. The minimum absolute atomic E-state index is 0.0618. The van der Waals surface area contributed by atoms with E-state index < -0.39 is 31.6 Å². The van der Waals surface area contributed by atoms with E-state index in [1.54, 1.807) is 42.1 Å². The molecule has 0 saturated carbocycles. The number of benzene rings is 3. The second kappa shape index (κ2) is 13.6. The van der Waals surface area contributed by atoms with Crippen molar-refractivity contribution in [2.45, 2.75) is 75.5 Å². The first-order chi connectivity index (χ1) is 24.4. The van der Waals surface area contributed by atoms with Crippen molar-refractivity contribution in [3.05, 3.63) is 89.6 Å². The largest absolute Gasteiger partial charge is 0.497 e. The number of fused-ring (bicyclic) bond motifs is 3. The molecule has 2 saturated heterocycles. The molecule has 3 N–H and O–H groups in total. The van der Waals surface area contributed by atoms with E-state index in [0.717, 1.165) is 34.9 Å². The SMILES string of the molecule is COc1ccc2c(c1)[C@]1(O[C@@H](CC(=O)N3CCC[C@H]3CO)[C@H]([Si](C)(C)F)[C@H]1C)C(=O)N2Cc1ccc(NC(=O)Cc2c[nH]c3ccccc23)cc1. The van der Waals surface area contributed by atoms with Crippen molar-refractivity contribution in [3.8, 4) is 5.75 Å². The van der Waals surface area contributed by atoms with Crippen LogP contribution in [0, 0.1) is 5.92 Å². The van der Waals surface area contributed by atoms with Crippen LogP contribution in [0.15, 0.2) is 72.9 Å². The number of aromatic nitrogens is 1. The molecule has 7 rings (SSSR count). The van der Waals surface area contributed by atoms with Crippen molar-refractivity contribution in [3.63, 3.8) is 0 Å². The average Bonchev–Trinajstić information content (AvgIpc) is 3.87. The van der Waals surface area contributed by atoms with Gasteiger partial charge in [-0.25, -0.2) is 0 Å². The van der Waals surface area contributed by atoms with Crippen LogP contribution in [0.5, 0.6) is 5.75 Å². The molecule has 2 fully saturated rings. The molecule has 12 heteroatoms. The van der Waals surface area contributed by atoms with Crippen molar-refractivity contribution in [1.82, 2.24) is 9.88 Å². The number of aliphatic hydroxyl groups excluding tert-OH is 1.